The standard InChI is InChI=1S/C15H15ClN2O3/c1-20-9-6-7-12(13(8-9)21-2)18-15(19)14-10(16)4-3-5-11(14)17/h3-8H,17H2,1-2H3,(H,18,19). The molecule has 0 radical (unpaired) electrons. The van der Waals surface area contributed by atoms with Crippen molar-refractivity contribution in [2.45, 2.75) is 0 Å². The Morgan fingerprint density at radius 1 is 1.19 bits per heavy atom. The molecule has 2 aromatic carbocycles. The summed E-state index contributed by atoms with van der Waals surface area (Å²) in [6, 6.07) is 9.98. The highest BCUT2D eigenvalue weighted by molar-refractivity contribution is 6.35. The van der Waals surface area contributed by atoms with Crippen molar-refractivity contribution in [2.24, 2.45) is 0 Å². The van der Waals surface area contributed by atoms with E-state index < -0.39 is 5.91 Å². The Morgan fingerprint density at radius 3 is 2.57 bits per heavy atom. The van der Waals surface area contributed by atoms with Crippen molar-refractivity contribution < 1.29 is 14.3 Å². The van der Waals surface area contributed by atoms with E-state index in [1.54, 1.807) is 43.5 Å². The summed E-state index contributed by atoms with van der Waals surface area (Å²) in [6.45, 7) is 0. The minimum absolute atomic E-state index is 0.233. The first-order chi connectivity index (χ1) is 10.1. The highest BCUT2D eigenvalue weighted by atomic mass is 35.5. The van der Waals surface area contributed by atoms with Crippen LogP contribution >= 0.6 is 11.6 Å². The molecule has 3 N–H and O–H groups in total. The Morgan fingerprint density at radius 2 is 1.95 bits per heavy atom. The van der Waals surface area contributed by atoms with Crippen molar-refractivity contribution in [3.63, 3.8) is 0 Å². The van der Waals surface area contributed by atoms with Gasteiger partial charge in [0, 0.05) is 11.8 Å². The van der Waals surface area contributed by atoms with Gasteiger partial charge in [0.1, 0.15) is 11.5 Å². The van der Waals surface area contributed by atoms with Gasteiger partial charge in [0.05, 0.1) is 30.5 Å². The molecule has 0 heterocycles. The maximum absolute atomic E-state index is 12.3. The zero-order chi connectivity index (χ0) is 15.4. The maximum Gasteiger partial charge on any atom is 0.259 e. The van der Waals surface area contributed by atoms with Crippen LogP contribution in [0.15, 0.2) is 36.4 Å². The van der Waals surface area contributed by atoms with E-state index in [4.69, 9.17) is 26.8 Å². The molecule has 0 aliphatic carbocycles. The Hall–Kier alpha value is -2.40. The van der Waals surface area contributed by atoms with E-state index in [9.17, 15) is 4.79 Å². The molecule has 0 saturated heterocycles. The average molecular weight is 307 g/mol. The minimum Gasteiger partial charge on any atom is -0.497 e. The molecule has 0 atom stereocenters. The summed E-state index contributed by atoms with van der Waals surface area (Å²) in [7, 11) is 3.06. The Bertz CT molecular complexity index is 654. The van der Waals surface area contributed by atoms with Crippen LogP contribution in [0.1, 0.15) is 10.4 Å². The number of nitrogen functional groups attached to an aromatic ring is 1. The first kappa shape index (κ1) is 15.0. The summed E-state index contributed by atoms with van der Waals surface area (Å²) < 4.78 is 10.3. The molecule has 1 amide bonds. The van der Waals surface area contributed by atoms with Crippen LogP contribution in [0, 0.1) is 0 Å². The smallest absolute Gasteiger partial charge is 0.259 e. The lowest BCUT2D eigenvalue weighted by molar-refractivity contribution is 0.102. The molecule has 0 aliphatic rings. The summed E-state index contributed by atoms with van der Waals surface area (Å²) in [5.41, 5.74) is 6.84. The highest BCUT2D eigenvalue weighted by Crippen LogP contribution is 2.30. The Labute approximate surface area is 127 Å². The molecule has 2 aromatic rings. The lowest BCUT2D eigenvalue weighted by atomic mass is 10.1. The van der Waals surface area contributed by atoms with Gasteiger partial charge < -0.3 is 20.5 Å². The number of carbonyl (C=O) groups excluding carboxylic acids is 1. The number of anilines is 2. The zero-order valence-electron chi connectivity index (χ0n) is 11.6. The second-order valence-electron chi connectivity index (χ2n) is 4.22. The number of amides is 1. The number of nitrogens with two attached hydrogens (primary N) is 1. The number of halogens is 1. The van der Waals surface area contributed by atoms with Crippen LogP contribution in [0.25, 0.3) is 0 Å². The molecule has 0 fully saturated rings. The third kappa shape index (κ3) is 3.20. The van der Waals surface area contributed by atoms with Crippen molar-refractivity contribution in [1.29, 1.82) is 0 Å². The van der Waals surface area contributed by atoms with Crippen molar-refractivity contribution in [1.82, 2.24) is 0 Å². The van der Waals surface area contributed by atoms with Crippen molar-refractivity contribution in [3.05, 3.63) is 47.0 Å². The highest BCUT2D eigenvalue weighted by Gasteiger charge is 2.16. The third-order valence-electron chi connectivity index (χ3n) is 2.93. The molecule has 0 aliphatic heterocycles. The van der Waals surface area contributed by atoms with Gasteiger partial charge in [0.15, 0.2) is 0 Å². The number of carbonyl (C=O) groups is 1. The summed E-state index contributed by atoms with van der Waals surface area (Å²) in [5.74, 6) is 0.706. The summed E-state index contributed by atoms with van der Waals surface area (Å²) in [5, 5.41) is 3.02. The lowest BCUT2D eigenvalue weighted by Gasteiger charge is -2.13. The molecule has 0 saturated carbocycles. The topological polar surface area (TPSA) is 73.6 Å². The fourth-order valence-electron chi connectivity index (χ4n) is 1.87. The Kier molecular flexibility index (Phi) is 4.55. The molecule has 2 rings (SSSR count). The van der Waals surface area contributed by atoms with Crippen LogP contribution in [-0.2, 0) is 0 Å². The quantitative estimate of drug-likeness (QED) is 0.851. The molecular formula is C15H15ClN2O3. The Balaban J connectivity index is 2.32. The van der Waals surface area contributed by atoms with E-state index in [0.29, 0.717) is 27.9 Å². The predicted octanol–water partition coefficient (Wildman–Crippen LogP) is 3.19. The van der Waals surface area contributed by atoms with Crippen molar-refractivity contribution in [3.8, 4) is 11.5 Å². The van der Waals surface area contributed by atoms with E-state index in [-0.39, 0.29) is 5.56 Å². The molecule has 0 bridgehead atoms. The molecular weight excluding hydrogens is 292 g/mol. The van der Waals surface area contributed by atoms with E-state index in [1.165, 1.54) is 7.11 Å². The second-order valence-corrected chi connectivity index (χ2v) is 4.63. The van der Waals surface area contributed by atoms with Crippen LogP contribution < -0.4 is 20.5 Å². The largest absolute Gasteiger partial charge is 0.497 e. The number of ether oxygens (including phenoxy) is 2. The number of nitrogens with one attached hydrogen (secondary N) is 1. The van der Waals surface area contributed by atoms with Gasteiger partial charge in [-0.3, -0.25) is 4.79 Å². The molecule has 21 heavy (non-hydrogen) atoms. The van der Waals surface area contributed by atoms with Gasteiger partial charge in [0.2, 0.25) is 0 Å². The van der Waals surface area contributed by atoms with E-state index in [2.05, 4.69) is 5.32 Å². The zero-order valence-corrected chi connectivity index (χ0v) is 12.4. The van der Waals surface area contributed by atoms with Gasteiger partial charge in [-0.05, 0) is 24.3 Å². The molecule has 6 heteroatoms. The van der Waals surface area contributed by atoms with Crippen molar-refractivity contribution in [2.75, 3.05) is 25.3 Å². The van der Waals surface area contributed by atoms with E-state index in [1.807, 2.05) is 0 Å². The van der Waals surface area contributed by atoms with Gasteiger partial charge in [-0.2, -0.15) is 0 Å². The number of benzene rings is 2. The van der Waals surface area contributed by atoms with Crippen LogP contribution in [0.2, 0.25) is 5.02 Å². The van der Waals surface area contributed by atoms with Gasteiger partial charge in [-0.15, -0.1) is 0 Å². The molecule has 5 nitrogen and oxygen atoms in total. The SMILES string of the molecule is COc1ccc(NC(=O)c2c(N)cccc2Cl)c(OC)c1. The average Bonchev–Trinajstić information content (AvgIpc) is 2.47. The fraction of sp³-hybridized carbons (Fsp3) is 0.133. The number of methoxy groups -OCH3 is 2. The molecule has 0 spiro atoms. The fourth-order valence-corrected chi connectivity index (χ4v) is 2.13. The normalized spacial score (nSPS) is 10.0. The third-order valence-corrected chi connectivity index (χ3v) is 3.24. The monoisotopic (exact) mass is 306 g/mol. The minimum atomic E-state index is -0.401. The molecule has 0 unspecified atom stereocenters. The molecule has 0 aromatic heterocycles. The summed E-state index contributed by atoms with van der Waals surface area (Å²) in [6.07, 6.45) is 0. The predicted molar refractivity (Wildman–Crippen MR) is 83.4 cm³/mol. The first-order valence-electron chi connectivity index (χ1n) is 6.14. The number of hydrogen-bond acceptors (Lipinski definition) is 4. The number of hydrogen-bond donors (Lipinski definition) is 2. The number of rotatable bonds is 4. The van der Waals surface area contributed by atoms with Crippen LogP contribution in [0.3, 0.4) is 0 Å². The van der Waals surface area contributed by atoms with Crippen molar-refractivity contribution >= 4 is 28.9 Å². The maximum atomic E-state index is 12.3. The summed E-state index contributed by atoms with van der Waals surface area (Å²) >= 11 is 6.02. The lowest BCUT2D eigenvalue weighted by Crippen LogP contribution is -2.15. The summed E-state index contributed by atoms with van der Waals surface area (Å²) in [4.78, 5) is 12.3. The van der Waals surface area contributed by atoms with Gasteiger partial charge >= 0.3 is 0 Å². The first-order valence-corrected chi connectivity index (χ1v) is 6.52. The van der Waals surface area contributed by atoms with E-state index >= 15 is 0 Å². The van der Waals surface area contributed by atoms with Gasteiger partial charge in [-0.25, -0.2) is 0 Å². The van der Waals surface area contributed by atoms with Crippen LogP contribution in [-0.4, -0.2) is 20.1 Å². The van der Waals surface area contributed by atoms with E-state index in [0.717, 1.165) is 0 Å². The van der Waals surface area contributed by atoms with Crippen LogP contribution in [0.5, 0.6) is 11.5 Å². The molecule has 110 valence electrons. The van der Waals surface area contributed by atoms with Gasteiger partial charge in [0.25, 0.3) is 5.91 Å². The second kappa shape index (κ2) is 6.37. The van der Waals surface area contributed by atoms with Gasteiger partial charge in [-0.1, -0.05) is 17.7 Å². The van der Waals surface area contributed by atoms with Crippen LogP contribution in [0.4, 0.5) is 11.4 Å².